The van der Waals surface area contributed by atoms with Crippen LogP contribution in [-0.2, 0) is 6.18 Å². The summed E-state index contributed by atoms with van der Waals surface area (Å²) < 4.78 is 44.7. The van der Waals surface area contributed by atoms with Crippen LogP contribution in [0.25, 0.3) is 0 Å². The molecule has 3 atom stereocenters. The molecule has 0 unspecified atom stereocenters. The number of pyridine rings is 1. The van der Waals surface area contributed by atoms with Crippen LogP contribution in [0.15, 0.2) is 48.9 Å². The highest BCUT2D eigenvalue weighted by atomic mass is 35.5. The normalized spacial score (nSPS) is 20.6. The molecule has 0 bridgehead atoms. The van der Waals surface area contributed by atoms with E-state index in [0.717, 1.165) is 36.5 Å². The van der Waals surface area contributed by atoms with E-state index >= 15 is 0 Å². The number of likely N-dealkylation sites (tertiary alicyclic amines) is 1. The lowest BCUT2D eigenvalue weighted by atomic mass is 9.86. The highest BCUT2D eigenvalue weighted by Crippen LogP contribution is 2.40. The average molecular weight is 551 g/mol. The molecule has 2 aromatic heterocycles. The van der Waals surface area contributed by atoms with Crippen molar-refractivity contribution in [2.24, 2.45) is 5.92 Å². The van der Waals surface area contributed by atoms with Crippen molar-refractivity contribution in [1.82, 2.24) is 19.9 Å². The van der Waals surface area contributed by atoms with E-state index in [1.807, 2.05) is 13.0 Å². The van der Waals surface area contributed by atoms with E-state index in [0.29, 0.717) is 34.6 Å². The maximum absolute atomic E-state index is 13.3. The number of halogens is 5. The van der Waals surface area contributed by atoms with Crippen LogP contribution in [0.5, 0.6) is 5.88 Å². The lowest BCUT2D eigenvalue weighted by Gasteiger charge is -2.25. The average Bonchev–Trinajstić information content (AvgIpc) is 3.63. The Bertz CT molecular complexity index is 1280. The first kappa shape index (κ1) is 25.7. The number of ether oxygens (including phenoxy) is 1. The van der Waals surface area contributed by atoms with Gasteiger partial charge in [-0.3, -0.25) is 4.79 Å². The van der Waals surface area contributed by atoms with Gasteiger partial charge in [0.15, 0.2) is 0 Å². The predicted molar refractivity (Wildman–Crippen MR) is 132 cm³/mol. The van der Waals surface area contributed by atoms with Gasteiger partial charge in [0.2, 0.25) is 5.88 Å². The van der Waals surface area contributed by atoms with E-state index in [9.17, 15) is 18.0 Å². The molecular formula is C26H23Cl2F3N4O2. The standard InChI is InChI=1S/C26H23Cl2F3N4O2/c1-14(37-23-7-5-18(11-32-23)26(29,30)31)19-12-35(13-20(19)16-4-6-21(27)22(28)8-16)25(36)17-9-33-24(34-10-17)15-2-3-15/h4-11,14-15,19-20H,2-3,12-13H2,1H3/t14-,19+,20-/m1/s1. The number of alkyl halides is 3. The lowest BCUT2D eigenvalue weighted by Crippen LogP contribution is -2.32. The van der Waals surface area contributed by atoms with Crippen molar-refractivity contribution in [2.75, 3.05) is 13.1 Å². The molecule has 3 aromatic rings. The molecule has 11 heteroatoms. The number of benzene rings is 1. The fourth-order valence-corrected chi connectivity index (χ4v) is 4.95. The highest BCUT2D eigenvalue weighted by molar-refractivity contribution is 6.42. The molecule has 1 aromatic carbocycles. The van der Waals surface area contributed by atoms with Crippen LogP contribution in [0.3, 0.4) is 0 Å². The molecule has 1 amide bonds. The smallest absolute Gasteiger partial charge is 0.417 e. The molecule has 37 heavy (non-hydrogen) atoms. The highest BCUT2D eigenvalue weighted by Gasteiger charge is 2.41. The number of carbonyl (C=O) groups is 1. The van der Waals surface area contributed by atoms with Crippen LogP contribution < -0.4 is 4.74 Å². The monoisotopic (exact) mass is 550 g/mol. The summed E-state index contributed by atoms with van der Waals surface area (Å²) in [6.45, 7) is 2.56. The van der Waals surface area contributed by atoms with Gasteiger partial charge in [-0.2, -0.15) is 13.2 Å². The summed E-state index contributed by atoms with van der Waals surface area (Å²) in [7, 11) is 0. The maximum atomic E-state index is 13.3. The maximum Gasteiger partial charge on any atom is 0.417 e. The SMILES string of the molecule is C[C@@H](Oc1ccc(C(F)(F)F)cn1)[C@@H]1CN(C(=O)c2cnc(C3CC3)nc2)C[C@@H]1c1ccc(Cl)c(Cl)c1. The zero-order chi connectivity index (χ0) is 26.3. The van der Waals surface area contributed by atoms with Crippen molar-refractivity contribution in [2.45, 2.75) is 43.9 Å². The van der Waals surface area contributed by atoms with Crippen molar-refractivity contribution in [3.63, 3.8) is 0 Å². The van der Waals surface area contributed by atoms with E-state index in [4.69, 9.17) is 27.9 Å². The fraction of sp³-hybridized carbons (Fsp3) is 0.385. The number of aromatic nitrogens is 3. The number of carbonyl (C=O) groups excluding carboxylic acids is 1. The van der Waals surface area contributed by atoms with E-state index in [-0.39, 0.29) is 23.6 Å². The third kappa shape index (κ3) is 5.67. The van der Waals surface area contributed by atoms with Gasteiger partial charge in [-0.15, -0.1) is 0 Å². The van der Waals surface area contributed by atoms with Gasteiger partial charge in [0, 0.05) is 55.5 Å². The lowest BCUT2D eigenvalue weighted by molar-refractivity contribution is -0.137. The number of nitrogens with zero attached hydrogens (tertiary/aromatic N) is 4. The zero-order valence-electron chi connectivity index (χ0n) is 19.8. The number of amides is 1. The first-order valence-electron chi connectivity index (χ1n) is 11.9. The Morgan fingerprint density at radius 2 is 1.76 bits per heavy atom. The second kappa shape index (κ2) is 10.1. The third-order valence-corrected chi connectivity index (χ3v) is 7.60. The molecule has 5 rings (SSSR count). The summed E-state index contributed by atoms with van der Waals surface area (Å²) in [5, 5.41) is 0.809. The predicted octanol–water partition coefficient (Wildman–Crippen LogP) is 6.40. The minimum Gasteiger partial charge on any atom is -0.474 e. The Kier molecular flexibility index (Phi) is 7.02. The molecule has 1 aliphatic carbocycles. The third-order valence-electron chi connectivity index (χ3n) is 6.86. The van der Waals surface area contributed by atoms with Crippen LogP contribution in [0.1, 0.15) is 58.9 Å². The van der Waals surface area contributed by atoms with Gasteiger partial charge >= 0.3 is 6.18 Å². The van der Waals surface area contributed by atoms with E-state index < -0.39 is 17.8 Å². The first-order valence-corrected chi connectivity index (χ1v) is 12.6. The second-order valence-electron chi connectivity index (χ2n) is 9.46. The Morgan fingerprint density at radius 1 is 1.03 bits per heavy atom. The largest absolute Gasteiger partial charge is 0.474 e. The Morgan fingerprint density at radius 3 is 2.35 bits per heavy atom. The molecule has 0 N–H and O–H groups in total. The Labute approximate surface area is 221 Å². The van der Waals surface area contributed by atoms with Crippen molar-refractivity contribution in [1.29, 1.82) is 0 Å². The Balaban J connectivity index is 1.37. The summed E-state index contributed by atoms with van der Waals surface area (Å²) in [4.78, 5) is 27.6. The van der Waals surface area contributed by atoms with Gasteiger partial charge < -0.3 is 9.64 Å². The first-order chi connectivity index (χ1) is 17.6. The van der Waals surface area contributed by atoms with Gasteiger partial charge in [-0.1, -0.05) is 29.3 Å². The summed E-state index contributed by atoms with van der Waals surface area (Å²) in [6, 6.07) is 7.46. The van der Waals surface area contributed by atoms with E-state index in [2.05, 4.69) is 15.0 Å². The minimum absolute atomic E-state index is 0.0715. The molecule has 2 fully saturated rings. The molecule has 2 aliphatic rings. The van der Waals surface area contributed by atoms with Crippen molar-refractivity contribution in [3.8, 4) is 5.88 Å². The van der Waals surface area contributed by atoms with Gasteiger partial charge in [0.05, 0.1) is 21.2 Å². The summed E-state index contributed by atoms with van der Waals surface area (Å²) >= 11 is 12.4. The number of hydrogen-bond acceptors (Lipinski definition) is 5. The molecular weight excluding hydrogens is 528 g/mol. The fourth-order valence-electron chi connectivity index (χ4n) is 4.65. The van der Waals surface area contributed by atoms with E-state index in [1.54, 1.807) is 29.4 Å². The summed E-state index contributed by atoms with van der Waals surface area (Å²) in [6.07, 6.45) is 1.05. The molecule has 6 nitrogen and oxygen atoms in total. The molecule has 1 saturated carbocycles. The van der Waals surface area contributed by atoms with Crippen molar-refractivity contribution >= 4 is 29.1 Å². The number of rotatable bonds is 6. The van der Waals surface area contributed by atoms with Gasteiger partial charge in [0.1, 0.15) is 11.9 Å². The molecule has 0 spiro atoms. The summed E-state index contributed by atoms with van der Waals surface area (Å²) in [5.74, 6) is 0.663. The number of hydrogen-bond donors (Lipinski definition) is 0. The Hall–Kier alpha value is -2.91. The van der Waals surface area contributed by atoms with Crippen molar-refractivity contribution < 1.29 is 22.7 Å². The minimum atomic E-state index is -4.48. The van der Waals surface area contributed by atoms with E-state index in [1.165, 1.54) is 6.07 Å². The van der Waals surface area contributed by atoms with Crippen molar-refractivity contribution in [3.05, 3.63) is 81.5 Å². The molecule has 0 radical (unpaired) electrons. The molecule has 1 saturated heterocycles. The van der Waals surface area contributed by atoms with Gasteiger partial charge in [-0.05, 0) is 43.5 Å². The molecule has 194 valence electrons. The van der Waals surface area contributed by atoms with Crippen LogP contribution in [-0.4, -0.2) is 45.0 Å². The van der Waals surface area contributed by atoms with Gasteiger partial charge in [0.25, 0.3) is 5.91 Å². The summed E-state index contributed by atoms with van der Waals surface area (Å²) in [5.41, 5.74) is 0.426. The van der Waals surface area contributed by atoms with Gasteiger partial charge in [-0.25, -0.2) is 15.0 Å². The van der Waals surface area contributed by atoms with Crippen LogP contribution in [0.2, 0.25) is 10.0 Å². The van der Waals surface area contributed by atoms with Crippen LogP contribution >= 0.6 is 23.2 Å². The second-order valence-corrected chi connectivity index (χ2v) is 10.3. The topological polar surface area (TPSA) is 68.2 Å². The zero-order valence-corrected chi connectivity index (χ0v) is 21.3. The van der Waals surface area contributed by atoms with Crippen LogP contribution in [0.4, 0.5) is 13.2 Å². The van der Waals surface area contributed by atoms with Crippen LogP contribution in [0, 0.1) is 5.92 Å². The quantitative estimate of drug-likeness (QED) is 0.355. The molecule has 3 heterocycles. The molecule has 1 aliphatic heterocycles.